The minimum absolute atomic E-state index is 0.195. The van der Waals surface area contributed by atoms with Gasteiger partial charge in [0.1, 0.15) is 12.1 Å². The Kier molecular flexibility index (Phi) is 3.37. The smallest absolute Gasteiger partial charge is 0.182 e. The lowest BCUT2D eigenvalue weighted by molar-refractivity contribution is -0.108. The molecule has 0 amide bonds. The van der Waals surface area contributed by atoms with E-state index < -0.39 is 32.7 Å². The van der Waals surface area contributed by atoms with Crippen LogP contribution in [0.2, 0.25) is 0 Å². The van der Waals surface area contributed by atoms with Gasteiger partial charge in [-0.25, -0.2) is 12.8 Å². The highest BCUT2D eigenvalue weighted by Crippen LogP contribution is 2.52. The number of sulfone groups is 1. The molecule has 3 nitrogen and oxygen atoms in total. The summed E-state index contributed by atoms with van der Waals surface area (Å²) in [4.78, 5) is 11.4. The third-order valence-corrected chi connectivity index (χ3v) is 6.08. The first-order chi connectivity index (χ1) is 10.1. The van der Waals surface area contributed by atoms with Crippen molar-refractivity contribution in [2.45, 2.75) is 16.1 Å². The zero-order valence-corrected chi connectivity index (χ0v) is 11.8. The molecule has 5 heteroatoms. The maximum absolute atomic E-state index is 13.3. The first-order valence-electron chi connectivity index (χ1n) is 6.55. The second kappa shape index (κ2) is 5.07. The number of carbonyl (C=O) groups excluding carboxylic acids is 1. The van der Waals surface area contributed by atoms with E-state index in [1.165, 1.54) is 30.3 Å². The molecule has 1 fully saturated rings. The van der Waals surface area contributed by atoms with Crippen LogP contribution in [0.1, 0.15) is 11.5 Å². The van der Waals surface area contributed by atoms with Crippen molar-refractivity contribution in [2.24, 2.45) is 5.92 Å². The quantitative estimate of drug-likeness (QED) is 0.816. The molecular weight excluding hydrogens is 291 g/mol. The molecule has 0 spiro atoms. The van der Waals surface area contributed by atoms with Crippen LogP contribution in [0.5, 0.6) is 0 Å². The van der Waals surface area contributed by atoms with Gasteiger partial charge >= 0.3 is 0 Å². The summed E-state index contributed by atoms with van der Waals surface area (Å²) in [5, 5.41) is -0.806. The van der Waals surface area contributed by atoms with Crippen molar-refractivity contribution in [3.63, 3.8) is 0 Å². The van der Waals surface area contributed by atoms with Crippen LogP contribution >= 0.6 is 0 Å². The van der Waals surface area contributed by atoms with Crippen LogP contribution in [0.25, 0.3) is 0 Å². The fraction of sp³-hybridized carbons (Fsp3) is 0.188. The summed E-state index contributed by atoms with van der Waals surface area (Å²) >= 11 is 0. The van der Waals surface area contributed by atoms with Gasteiger partial charge in [0.15, 0.2) is 9.84 Å². The van der Waals surface area contributed by atoms with Gasteiger partial charge in [0.2, 0.25) is 0 Å². The Morgan fingerprint density at radius 2 is 1.71 bits per heavy atom. The summed E-state index contributed by atoms with van der Waals surface area (Å²) in [5.41, 5.74) is 0.552. The van der Waals surface area contributed by atoms with Crippen molar-refractivity contribution in [1.29, 1.82) is 0 Å². The first-order valence-corrected chi connectivity index (χ1v) is 8.10. The highest BCUT2D eigenvalue weighted by molar-refractivity contribution is 7.92. The second-order valence-corrected chi connectivity index (χ2v) is 7.22. The summed E-state index contributed by atoms with van der Waals surface area (Å²) in [5.74, 6) is -1.51. The Bertz CT molecular complexity index is 771. The fourth-order valence-corrected chi connectivity index (χ4v) is 4.89. The van der Waals surface area contributed by atoms with E-state index >= 15 is 0 Å². The largest absolute Gasteiger partial charge is 0.303 e. The average molecular weight is 304 g/mol. The molecule has 21 heavy (non-hydrogen) atoms. The molecule has 0 bridgehead atoms. The lowest BCUT2D eigenvalue weighted by atomic mass is 10.1. The fourth-order valence-electron chi connectivity index (χ4n) is 2.76. The van der Waals surface area contributed by atoms with Gasteiger partial charge in [-0.15, -0.1) is 0 Å². The molecule has 3 atom stereocenters. The number of carbonyl (C=O) groups is 1. The van der Waals surface area contributed by atoms with E-state index in [2.05, 4.69) is 0 Å². The van der Waals surface area contributed by atoms with E-state index in [-0.39, 0.29) is 4.90 Å². The molecule has 0 aromatic heterocycles. The van der Waals surface area contributed by atoms with Gasteiger partial charge in [0.25, 0.3) is 0 Å². The van der Waals surface area contributed by atoms with Gasteiger partial charge in [-0.1, -0.05) is 30.3 Å². The van der Waals surface area contributed by atoms with E-state index in [0.717, 1.165) is 0 Å². The van der Waals surface area contributed by atoms with Gasteiger partial charge in [0, 0.05) is 11.8 Å². The summed E-state index contributed by atoms with van der Waals surface area (Å²) in [6.07, 6.45) is 0.654. The second-order valence-electron chi connectivity index (χ2n) is 5.12. The van der Waals surface area contributed by atoms with E-state index in [4.69, 9.17) is 0 Å². The van der Waals surface area contributed by atoms with Gasteiger partial charge in [-0.05, 0) is 29.8 Å². The molecule has 1 aliphatic rings. The Labute approximate surface area is 122 Å². The van der Waals surface area contributed by atoms with Crippen LogP contribution in [0.3, 0.4) is 0 Å². The molecule has 1 saturated carbocycles. The minimum atomic E-state index is -3.59. The Morgan fingerprint density at radius 1 is 1.00 bits per heavy atom. The molecule has 2 aromatic carbocycles. The van der Waals surface area contributed by atoms with Crippen molar-refractivity contribution in [3.05, 3.63) is 66.0 Å². The highest BCUT2D eigenvalue weighted by atomic mass is 32.2. The van der Waals surface area contributed by atoms with Crippen LogP contribution in [0, 0.1) is 11.7 Å². The topological polar surface area (TPSA) is 51.2 Å². The van der Waals surface area contributed by atoms with Gasteiger partial charge in [0.05, 0.1) is 10.1 Å². The number of hydrogen-bond donors (Lipinski definition) is 0. The standard InChI is InChI=1S/C16H13FO3S/c17-12-6-4-5-11(9-12)15-14(10-18)16(15)21(19,20)13-7-2-1-3-8-13/h1-10,14-16H/t14-,15-,16+/m1/s1. The summed E-state index contributed by atoms with van der Waals surface area (Å²) < 4.78 is 38.5. The van der Waals surface area contributed by atoms with Crippen LogP contribution in [0.4, 0.5) is 4.39 Å². The zero-order chi connectivity index (χ0) is 15.0. The van der Waals surface area contributed by atoms with Crippen molar-refractivity contribution < 1.29 is 17.6 Å². The third-order valence-electron chi connectivity index (χ3n) is 3.83. The Balaban J connectivity index is 1.98. The van der Waals surface area contributed by atoms with Gasteiger partial charge in [-0.2, -0.15) is 0 Å². The average Bonchev–Trinajstić information content (AvgIpc) is 3.23. The summed E-state index contributed by atoms with van der Waals surface area (Å²) in [6, 6.07) is 13.8. The van der Waals surface area contributed by atoms with E-state index in [1.54, 1.807) is 24.3 Å². The third kappa shape index (κ3) is 2.38. The van der Waals surface area contributed by atoms with Crippen LogP contribution in [-0.2, 0) is 14.6 Å². The summed E-state index contributed by atoms with van der Waals surface area (Å²) in [6.45, 7) is 0. The number of halogens is 1. The number of benzene rings is 2. The van der Waals surface area contributed by atoms with E-state index in [9.17, 15) is 17.6 Å². The molecule has 0 unspecified atom stereocenters. The van der Waals surface area contributed by atoms with Gasteiger partial charge < -0.3 is 4.79 Å². The van der Waals surface area contributed by atoms with E-state index in [0.29, 0.717) is 11.8 Å². The van der Waals surface area contributed by atoms with Crippen LogP contribution in [-0.4, -0.2) is 20.0 Å². The molecule has 1 aliphatic carbocycles. The zero-order valence-electron chi connectivity index (χ0n) is 11.0. The van der Waals surface area contributed by atoms with Crippen molar-refractivity contribution in [2.75, 3.05) is 0 Å². The normalized spacial score (nSPS) is 24.5. The Morgan fingerprint density at radius 3 is 2.33 bits per heavy atom. The van der Waals surface area contributed by atoms with Crippen molar-refractivity contribution in [1.82, 2.24) is 0 Å². The summed E-state index contributed by atoms with van der Waals surface area (Å²) in [7, 11) is -3.59. The molecule has 0 N–H and O–H groups in total. The molecule has 0 heterocycles. The number of hydrogen-bond acceptors (Lipinski definition) is 3. The van der Waals surface area contributed by atoms with Crippen LogP contribution < -0.4 is 0 Å². The molecule has 3 rings (SSSR count). The van der Waals surface area contributed by atoms with E-state index in [1.807, 2.05) is 0 Å². The Hall–Kier alpha value is -2.01. The molecular formula is C16H13FO3S. The van der Waals surface area contributed by atoms with Crippen LogP contribution in [0.15, 0.2) is 59.5 Å². The lowest BCUT2D eigenvalue weighted by Crippen LogP contribution is -2.10. The van der Waals surface area contributed by atoms with Crippen molar-refractivity contribution >= 4 is 16.1 Å². The highest BCUT2D eigenvalue weighted by Gasteiger charge is 2.59. The van der Waals surface area contributed by atoms with Crippen molar-refractivity contribution in [3.8, 4) is 0 Å². The first kappa shape index (κ1) is 13.9. The SMILES string of the molecule is O=C[C@@H]1[C@@H](c2cccc(F)c2)[C@H]1S(=O)(=O)c1ccccc1. The maximum Gasteiger partial charge on any atom is 0.182 e. The molecule has 0 saturated heterocycles. The maximum atomic E-state index is 13.3. The lowest BCUT2D eigenvalue weighted by Gasteiger charge is -2.04. The number of aldehydes is 1. The molecule has 0 radical (unpaired) electrons. The number of rotatable bonds is 4. The molecule has 2 aromatic rings. The predicted octanol–water partition coefficient (Wildman–Crippen LogP) is 2.58. The van der Waals surface area contributed by atoms with Gasteiger partial charge in [-0.3, -0.25) is 0 Å². The minimum Gasteiger partial charge on any atom is -0.303 e. The monoisotopic (exact) mass is 304 g/mol. The molecule has 108 valence electrons. The molecule has 0 aliphatic heterocycles. The predicted molar refractivity (Wildman–Crippen MR) is 76.1 cm³/mol.